The molecule has 0 fully saturated rings. The van der Waals surface area contributed by atoms with Crippen molar-refractivity contribution in [2.75, 3.05) is 6.61 Å². The molecule has 0 aliphatic rings. The molecule has 0 radical (unpaired) electrons. The first-order valence-electron chi connectivity index (χ1n) is 6.93. The quantitative estimate of drug-likeness (QED) is 0.765. The highest BCUT2D eigenvalue weighted by atomic mass is 35.5. The molecule has 0 saturated heterocycles. The van der Waals surface area contributed by atoms with Gasteiger partial charge < -0.3 is 14.8 Å². The zero-order valence-electron chi connectivity index (χ0n) is 11.9. The summed E-state index contributed by atoms with van der Waals surface area (Å²) < 4.78 is 19.0. The van der Waals surface area contributed by atoms with Crippen LogP contribution in [0.5, 0.6) is 0 Å². The van der Waals surface area contributed by atoms with Crippen LogP contribution in [0.3, 0.4) is 0 Å². The van der Waals surface area contributed by atoms with Gasteiger partial charge in [0, 0.05) is 5.39 Å². The molecule has 0 spiro atoms. The fourth-order valence-corrected chi connectivity index (χ4v) is 2.40. The summed E-state index contributed by atoms with van der Waals surface area (Å²) >= 11 is 5.64. The van der Waals surface area contributed by atoms with Gasteiger partial charge in [0.15, 0.2) is 5.76 Å². The van der Waals surface area contributed by atoms with E-state index in [1.54, 1.807) is 24.3 Å². The van der Waals surface area contributed by atoms with Gasteiger partial charge in [-0.1, -0.05) is 35.9 Å². The number of aliphatic hydroxyl groups is 1. The van der Waals surface area contributed by atoms with Crippen molar-refractivity contribution in [3.63, 3.8) is 0 Å². The summed E-state index contributed by atoms with van der Waals surface area (Å²) in [6.45, 7) is -0.382. The lowest BCUT2D eigenvalue weighted by Gasteiger charge is -2.16. The van der Waals surface area contributed by atoms with Gasteiger partial charge in [0.05, 0.1) is 17.7 Å². The van der Waals surface area contributed by atoms with Crippen molar-refractivity contribution in [3.8, 4) is 0 Å². The summed E-state index contributed by atoms with van der Waals surface area (Å²) in [6.07, 6.45) is 0. The van der Waals surface area contributed by atoms with Crippen LogP contribution < -0.4 is 5.32 Å². The fraction of sp³-hybridized carbons (Fsp3) is 0.118. The van der Waals surface area contributed by atoms with E-state index in [9.17, 15) is 14.3 Å². The number of rotatable bonds is 4. The van der Waals surface area contributed by atoms with E-state index in [0.717, 1.165) is 5.39 Å². The molecule has 1 aromatic heterocycles. The fourth-order valence-electron chi connectivity index (χ4n) is 2.29. The first-order valence-corrected chi connectivity index (χ1v) is 7.31. The van der Waals surface area contributed by atoms with E-state index in [2.05, 4.69) is 5.32 Å². The highest BCUT2D eigenvalue weighted by Crippen LogP contribution is 2.22. The molecule has 4 nitrogen and oxygen atoms in total. The Bertz CT molecular complexity index is 829. The van der Waals surface area contributed by atoms with Gasteiger partial charge in [-0.05, 0) is 29.8 Å². The normalized spacial score (nSPS) is 12.3. The maximum Gasteiger partial charge on any atom is 0.287 e. The Balaban J connectivity index is 1.82. The smallest absolute Gasteiger partial charge is 0.287 e. The van der Waals surface area contributed by atoms with Crippen LogP contribution >= 0.6 is 11.6 Å². The second-order valence-corrected chi connectivity index (χ2v) is 5.44. The Morgan fingerprint density at radius 2 is 2.04 bits per heavy atom. The molecule has 0 saturated carbocycles. The molecule has 1 unspecified atom stereocenters. The van der Waals surface area contributed by atoms with Crippen molar-refractivity contribution in [2.24, 2.45) is 0 Å². The Kier molecular flexibility index (Phi) is 4.32. The van der Waals surface area contributed by atoms with Crippen molar-refractivity contribution in [1.82, 2.24) is 5.32 Å². The highest BCUT2D eigenvalue weighted by molar-refractivity contribution is 6.30. The molecule has 3 rings (SSSR count). The van der Waals surface area contributed by atoms with Gasteiger partial charge in [-0.3, -0.25) is 4.79 Å². The number of furan rings is 1. The van der Waals surface area contributed by atoms with Crippen molar-refractivity contribution in [1.29, 1.82) is 0 Å². The summed E-state index contributed by atoms with van der Waals surface area (Å²) in [6, 6.07) is 12.2. The van der Waals surface area contributed by atoms with Crippen LogP contribution in [-0.4, -0.2) is 17.6 Å². The largest absolute Gasteiger partial charge is 0.451 e. The Labute approximate surface area is 136 Å². The van der Waals surface area contributed by atoms with Crippen LogP contribution in [0, 0.1) is 5.82 Å². The van der Waals surface area contributed by atoms with Crippen molar-refractivity contribution >= 4 is 28.5 Å². The van der Waals surface area contributed by atoms with Gasteiger partial charge in [0.2, 0.25) is 0 Å². The topological polar surface area (TPSA) is 62.5 Å². The van der Waals surface area contributed by atoms with Crippen LogP contribution in [0.1, 0.15) is 22.2 Å². The number of para-hydroxylation sites is 1. The van der Waals surface area contributed by atoms with Gasteiger partial charge in [-0.25, -0.2) is 4.39 Å². The summed E-state index contributed by atoms with van der Waals surface area (Å²) in [5.41, 5.74) is 1.01. The summed E-state index contributed by atoms with van der Waals surface area (Å²) in [4.78, 5) is 12.3. The first-order chi connectivity index (χ1) is 11.1. The van der Waals surface area contributed by atoms with E-state index in [1.807, 2.05) is 12.1 Å². The minimum atomic E-state index is -0.762. The lowest BCUT2D eigenvalue weighted by Crippen LogP contribution is -2.30. The number of carbonyl (C=O) groups is 1. The summed E-state index contributed by atoms with van der Waals surface area (Å²) in [5, 5.41) is 12.9. The summed E-state index contributed by atoms with van der Waals surface area (Å²) in [5.74, 6) is -0.977. The lowest BCUT2D eigenvalue weighted by atomic mass is 10.1. The molecule has 0 aliphatic carbocycles. The molecule has 1 atom stereocenters. The van der Waals surface area contributed by atoms with Gasteiger partial charge in [0.25, 0.3) is 5.91 Å². The minimum Gasteiger partial charge on any atom is -0.451 e. The second-order valence-electron chi connectivity index (χ2n) is 5.03. The van der Waals surface area contributed by atoms with E-state index in [4.69, 9.17) is 16.0 Å². The number of halogens is 2. The van der Waals surface area contributed by atoms with Crippen LogP contribution in [0.2, 0.25) is 5.02 Å². The highest BCUT2D eigenvalue weighted by Gasteiger charge is 2.19. The predicted octanol–water partition coefficient (Wildman–Crippen LogP) is 3.69. The van der Waals surface area contributed by atoms with Gasteiger partial charge >= 0.3 is 0 Å². The number of fused-ring (bicyclic) bond motifs is 1. The maximum atomic E-state index is 13.5. The number of aliphatic hydroxyl groups excluding tert-OH is 1. The third-order valence-electron chi connectivity index (χ3n) is 3.48. The number of amides is 1. The number of nitrogens with one attached hydrogen (secondary N) is 1. The SMILES string of the molecule is O=C(NC(CO)c1ccc(Cl)c(F)c1)c1cc2ccccc2o1. The number of carbonyl (C=O) groups excluding carboxylic acids is 1. The average molecular weight is 334 g/mol. The Morgan fingerprint density at radius 1 is 1.26 bits per heavy atom. The van der Waals surface area contributed by atoms with Crippen LogP contribution in [0.15, 0.2) is 52.9 Å². The van der Waals surface area contributed by atoms with E-state index in [0.29, 0.717) is 11.1 Å². The van der Waals surface area contributed by atoms with E-state index in [-0.39, 0.29) is 17.4 Å². The van der Waals surface area contributed by atoms with Crippen molar-refractivity contribution < 1.29 is 18.7 Å². The number of hydrogen-bond acceptors (Lipinski definition) is 3. The second kappa shape index (κ2) is 6.40. The molecular weight excluding hydrogens is 321 g/mol. The first kappa shape index (κ1) is 15.5. The number of hydrogen-bond donors (Lipinski definition) is 2. The molecule has 2 N–H and O–H groups in total. The predicted molar refractivity (Wildman–Crippen MR) is 84.9 cm³/mol. The van der Waals surface area contributed by atoms with E-state index in [1.165, 1.54) is 12.1 Å². The van der Waals surface area contributed by atoms with Crippen LogP contribution in [0.25, 0.3) is 11.0 Å². The minimum absolute atomic E-state index is 0.0194. The van der Waals surface area contributed by atoms with E-state index >= 15 is 0 Å². The molecule has 3 aromatic rings. The molecule has 6 heteroatoms. The standard InChI is InChI=1S/C17H13ClFNO3/c18-12-6-5-10(7-13(12)19)14(9-21)20-17(22)16-8-11-3-1-2-4-15(11)23-16/h1-8,14,21H,9H2,(H,20,22). The molecule has 23 heavy (non-hydrogen) atoms. The van der Waals surface area contributed by atoms with Crippen molar-refractivity contribution in [3.05, 3.63) is 70.7 Å². The molecule has 118 valence electrons. The van der Waals surface area contributed by atoms with Crippen LogP contribution in [-0.2, 0) is 0 Å². The molecule has 1 amide bonds. The van der Waals surface area contributed by atoms with Crippen LogP contribution in [0.4, 0.5) is 4.39 Å². The lowest BCUT2D eigenvalue weighted by molar-refractivity contribution is 0.0890. The summed E-state index contributed by atoms with van der Waals surface area (Å²) in [7, 11) is 0. The van der Waals surface area contributed by atoms with Gasteiger partial charge in [-0.15, -0.1) is 0 Å². The zero-order valence-corrected chi connectivity index (χ0v) is 12.7. The molecule has 1 heterocycles. The van der Waals surface area contributed by atoms with Gasteiger partial charge in [-0.2, -0.15) is 0 Å². The third-order valence-corrected chi connectivity index (χ3v) is 3.79. The Morgan fingerprint density at radius 3 is 2.74 bits per heavy atom. The third kappa shape index (κ3) is 3.21. The average Bonchev–Trinajstić information content (AvgIpc) is 2.99. The molecule has 0 aliphatic heterocycles. The monoisotopic (exact) mass is 333 g/mol. The molecular formula is C17H13ClFNO3. The molecule has 0 bridgehead atoms. The maximum absolute atomic E-state index is 13.5. The molecule has 2 aromatic carbocycles. The van der Waals surface area contributed by atoms with Gasteiger partial charge in [0.1, 0.15) is 11.4 Å². The van der Waals surface area contributed by atoms with Crippen molar-refractivity contribution in [2.45, 2.75) is 6.04 Å². The van der Waals surface area contributed by atoms with E-state index < -0.39 is 17.8 Å². The Hall–Kier alpha value is -2.37. The number of benzene rings is 2. The zero-order chi connectivity index (χ0) is 16.4.